The molecule has 1 aliphatic carbocycles. The maximum absolute atomic E-state index is 13.5. The summed E-state index contributed by atoms with van der Waals surface area (Å²) in [6.07, 6.45) is 4.84. The molecule has 0 aromatic heterocycles. The van der Waals surface area contributed by atoms with Gasteiger partial charge in [-0.05, 0) is 61.8 Å². The summed E-state index contributed by atoms with van der Waals surface area (Å²) < 4.78 is 13.5. The van der Waals surface area contributed by atoms with Crippen molar-refractivity contribution in [2.24, 2.45) is 11.3 Å². The Morgan fingerprint density at radius 1 is 1.38 bits per heavy atom. The highest BCUT2D eigenvalue weighted by Gasteiger charge is 2.35. The van der Waals surface area contributed by atoms with Gasteiger partial charge in [0, 0.05) is 24.8 Å². The summed E-state index contributed by atoms with van der Waals surface area (Å²) in [6.45, 7) is 6.84. The van der Waals surface area contributed by atoms with Crippen molar-refractivity contribution in [1.82, 2.24) is 5.32 Å². The van der Waals surface area contributed by atoms with E-state index in [1.807, 2.05) is 6.07 Å². The molecule has 0 amide bonds. The Labute approximate surface area is 127 Å². The van der Waals surface area contributed by atoms with E-state index in [9.17, 15) is 4.39 Å². The number of rotatable bonds is 3. The van der Waals surface area contributed by atoms with Crippen LogP contribution in [0.3, 0.4) is 0 Å². The van der Waals surface area contributed by atoms with Crippen LogP contribution in [-0.4, -0.2) is 26.2 Å². The Balaban J connectivity index is 1.76. The Bertz CT molecular complexity index is 512. The van der Waals surface area contributed by atoms with Gasteiger partial charge in [-0.25, -0.2) is 4.39 Å². The fourth-order valence-corrected chi connectivity index (χ4v) is 4.20. The molecule has 0 bridgehead atoms. The van der Waals surface area contributed by atoms with Crippen LogP contribution in [0.2, 0.25) is 0 Å². The zero-order chi connectivity index (χ0) is 15.0. The molecule has 2 aliphatic rings. The minimum atomic E-state index is -0.116. The van der Waals surface area contributed by atoms with Crippen molar-refractivity contribution in [2.45, 2.75) is 45.6 Å². The molecular formula is C18H27FN2. The Kier molecular flexibility index (Phi) is 3.96. The molecule has 0 spiro atoms. The highest BCUT2D eigenvalue weighted by Crippen LogP contribution is 2.40. The van der Waals surface area contributed by atoms with Crippen molar-refractivity contribution < 1.29 is 4.39 Å². The van der Waals surface area contributed by atoms with Crippen LogP contribution in [0.5, 0.6) is 0 Å². The third kappa shape index (κ3) is 3.08. The van der Waals surface area contributed by atoms with Crippen LogP contribution in [0.25, 0.3) is 0 Å². The monoisotopic (exact) mass is 290 g/mol. The molecule has 1 saturated carbocycles. The van der Waals surface area contributed by atoms with Crippen molar-refractivity contribution in [1.29, 1.82) is 0 Å². The second-order valence-electron chi connectivity index (χ2n) is 7.53. The number of benzene rings is 1. The Morgan fingerprint density at radius 3 is 2.95 bits per heavy atom. The van der Waals surface area contributed by atoms with E-state index in [1.165, 1.54) is 24.8 Å². The average molecular weight is 290 g/mol. The van der Waals surface area contributed by atoms with Gasteiger partial charge in [0.2, 0.25) is 0 Å². The van der Waals surface area contributed by atoms with Gasteiger partial charge in [0.15, 0.2) is 0 Å². The molecular weight excluding hydrogens is 263 g/mol. The van der Waals surface area contributed by atoms with E-state index in [4.69, 9.17) is 0 Å². The quantitative estimate of drug-likeness (QED) is 0.915. The van der Waals surface area contributed by atoms with Crippen LogP contribution >= 0.6 is 0 Å². The first-order valence-corrected chi connectivity index (χ1v) is 8.19. The zero-order valence-corrected chi connectivity index (χ0v) is 13.5. The van der Waals surface area contributed by atoms with Crippen molar-refractivity contribution >= 4 is 5.69 Å². The lowest BCUT2D eigenvalue weighted by Gasteiger charge is -2.42. The van der Waals surface area contributed by atoms with E-state index in [-0.39, 0.29) is 5.82 Å². The summed E-state index contributed by atoms with van der Waals surface area (Å²) >= 11 is 0. The van der Waals surface area contributed by atoms with Gasteiger partial charge in [0.1, 0.15) is 5.82 Å². The van der Waals surface area contributed by atoms with Gasteiger partial charge in [-0.1, -0.05) is 19.9 Å². The summed E-state index contributed by atoms with van der Waals surface area (Å²) in [5.41, 5.74) is 2.85. The second-order valence-corrected chi connectivity index (χ2v) is 7.53. The van der Waals surface area contributed by atoms with E-state index in [0.29, 0.717) is 17.4 Å². The second kappa shape index (κ2) is 5.60. The van der Waals surface area contributed by atoms with Gasteiger partial charge in [-0.2, -0.15) is 0 Å². The van der Waals surface area contributed by atoms with Crippen molar-refractivity contribution in [3.63, 3.8) is 0 Å². The highest BCUT2D eigenvalue weighted by molar-refractivity contribution is 5.58. The predicted molar refractivity (Wildman–Crippen MR) is 86.3 cm³/mol. The molecule has 0 saturated heterocycles. The SMILES string of the molecule is CNC1CCC(C)(C)CC1CN1CCc2ccc(F)cc21. The highest BCUT2D eigenvalue weighted by atomic mass is 19.1. The fraction of sp³-hybridized carbons (Fsp3) is 0.667. The summed E-state index contributed by atoms with van der Waals surface area (Å²) in [6, 6.07) is 5.84. The number of halogens is 1. The first kappa shape index (κ1) is 14.8. The van der Waals surface area contributed by atoms with Crippen LogP contribution in [0.4, 0.5) is 10.1 Å². The van der Waals surface area contributed by atoms with Gasteiger partial charge in [0.05, 0.1) is 0 Å². The number of nitrogens with zero attached hydrogens (tertiary/aromatic N) is 1. The number of hydrogen-bond acceptors (Lipinski definition) is 2. The van der Waals surface area contributed by atoms with Crippen LogP contribution in [-0.2, 0) is 6.42 Å². The summed E-state index contributed by atoms with van der Waals surface area (Å²) in [5, 5.41) is 3.50. The molecule has 2 atom stereocenters. The van der Waals surface area contributed by atoms with E-state index in [2.05, 4.69) is 31.1 Å². The first-order valence-electron chi connectivity index (χ1n) is 8.19. The largest absolute Gasteiger partial charge is 0.371 e. The van der Waals surface area contributed by atoms with Gasteiger partial charge in [0.25, 0.3) is 0 Å². The lowest BCUT2D eigenvalue weighted by molar-refractivity contribution is 0.145. The molecule has 3 heteroatoms. The van der Waals surface area contributed by atoms with Crippen molar-refractivity contribution in [3.05, 3.63) is 29.6 Å². The molecule has 1 aliphatic heterocycles. The molecule has 1 aromatic carbocycles. The molecule has 2 nitrogen and oxygen atoms in total. The van der Waals surface area contributed by atoms with Gasteiger partial charge >= 0.3 is 0 Å². The Hall–Kier alpha value is -1.09. The van der Waals surface area contributed by atoms with E-state index in [0.717, 1.165) is 25.2 Å². The number of fused-ring (bicyclic) bond motifs is 1. The van der Waals surface area contributed by atoms with E-state index < -0.39 is 0 Å². The minimum absolute atomic E-state index is 0.116. The first-order chi connectivity index (χ1) is 9.98. The van der Waals surface area contributed by atoms with E-state index >= 15 is 0 Å². The molecule has 116 valence electrons. The summed E-state index contributed by atoms with van der Waals surface area (Å²) in [4.78, 5) is 2.40. The smallest absolute Gasteiger partial charge is 0.125 e. The Morgan fingerprint density at radius 2 is 2.19 bits per heavy atom. The lowest BCUT2D eigenvalue weighted by Crippen LogP contribution is -2.46. The third-order valence-electron chi connectivity index (χ3n) is 5.38. The summed E-state index contributed by atoms with van der Waals surface area (Å²) in [5.74, 6) is 0.530. The molecule has 1 N–H and O–H groups in total. The van der Waals surface area contributed by atoms with E-state index in [1.54, 1.807) is 12.1 Å². The maximum Gasteiger partial charge on any atom is 0.125 e. The van der Waals surface area contributed by atoms with Crippen LogP contribution in [0.15, 0.2) is 18.2 Å². The predicted octanol–water partition coefficient (Wildman–Crippen LogP) is 3.60. The average Bonchev–Trinajstić information content (AvgIpc) is 2.81. The number of nitrogens with one attached hydrogen (secondary N) is 1. The minimum Gasteiger partial charge on any atom is -0.371 e. The maximum atomic E-state index is 13.5. The molecule has 1 fully saturated rings. The zero-order valence-electron chi connectivity index (χ0n) is 13.5. The van der Waals surface area contributed by atoms with Crippen LogP contribution in [0.1, 0.15) is 38.7 Å². The van der Waals surface area contributed by atoms with Crippen molar-refractivity contribution in [2.75, 3.05) is 25.0 Å². The molecule has 3 rings (SSSR count). The summed E-state index contributed by atoms with van der Waals surface area (Å²) in [7, 11) is 2.08. The molecule has 1 aromatic rings. The number of hydrogen-bond donors (Lipinski definition) is 1. The normalized spacial score (nSPS) is 27.7. The molecule has 2 unspecified atom stereocenters. The lowest BCUT2D eigenvalue weighted by atomic mass is 9.69. The van der Waals surface area contributed by atoms with Crippen molar-refractivity contribution in [3.8, 4) is 0 Å². The third-order valence-corrected chi connectivity index (χ3v) is 5.38. The standard InChI is InChI=1S/C18H27FN2/c1-18(2)8-6-16(20-3)14(11-18)12-21-9-7-13-4-5-15(19)10-17(13)21/h4-5,10,14,16,20H,6-9,11-12H2,1-3H3. The van der Waals surface area contributed by atoms with Crippen LogP contribution in [0, 0.1) is 17.2 Å². The topological polar surface area (TPSA) is 15.3 Å². The van der Waals surface area contributed by atoms with Gasteiger partial charge in [-0.3, -0.25) is 0 Å². The molecule has 21 heavy (non-hydrogen) atoms. The molecule has 0 radical (unpaired) electrons. The number of anilines is 1. The van der Waals surface area contributed by atoms with Gasteiger partial charge in [-0.15, -0.1) is 0 Å². The fourth-order valence-electron chi connectivity index (χ4n) is 4.20. The van der Waals surface area contributed by atoms with Crippen LogP contribution < -0.4 is 10.2 Å². The van der Waals surface area contributed by atoms with Gasteiger partial charge < -0.3 is 10.2 Å². The molecule has 1 heterocycles.